The highest BCUT2D eigenvalue weighted by Gasteiger charge is 2.32. The third-order valence-electron chi connectivity index (χ3n) is 5.86. The van der Waals surface area contributed by atoms with Gasteiger partial charge in [0.2, 0.25) is 11.8 Å². The van der Waals surface area contributed by atoms with Gasteiger partial charge in [-0.1, -0.05) is 50.6 Å². The van der Waals surface area contributed by atoms with E-state index < -0.39 is 12.1 Å². The number of alkyl carbamates (subject to hydrolysis) is 1. The maximum absolute atomic E-state index is 13.2. The molecule has 1 aromatic rings. The molecule has 0 radical (unpaired) electrons. The number of hydrogen-bond donors (Lipinski definition) is 2. The summed E-state index contributed by atoms with van der Waals surface area (Å²) in [6.45, 7) is 7.88. The fraction of sp³-hybridized carbons (Fsp3) is 0.625. The molecule has 2 rings (SSSR count). The summed E-state index contributed by atoms with van der Waals surface area (Å²) < 4.78 is 10.3. The quantitative estimate of drug-likeness (QED) is 0.458. The van der Waals surface area contributed by atoms with Crippen LogP contribution in [0.5, 0.6) is 0 Å². The summed E-state index contributed by atoms with van der Waals surface area (Å²) in [4.78, 5) is 41.4. The van der Waals surface area contributed by atoms with Gasteiger partial charge in [-0.2, -0.15) is 0 Å². The number of rotatable bonds is 12. The highest BCUT2D eigenvalue weighted by Crippen LogP contribution is 2.13. The molecule has 184 valence electrons. The van der Waals surface area contributed by atoms with Gasteiger partial charge in [-0.25, -0.2) is 4.79 Å². The zero-order chi connectivity index (χ0) is 24.1. The molecule has 0 aromatic heterocycles. The predicted octanol–water partition coefficient (Wildman–Crippen LogP) is 1.62. The van der Waals surface area contributed by atoms with Gasteiger partial charge in [0, 0.05) is 46.4 Å². The molecule has 1 aliphatic rings. The number of carbonyl (C=O) groups is 3. The van der Waals surface area contributed by atoms with Gasteiger partial charge in [-0.3, -0.25) is 14.5 Å². The summed E-state index contributed by atoms with van der Waals surface area (Å²) in [5, 5.41) is 5.65. The van der Waals surface area contributed by atoms with Crippen LogP contribution < -0.4 is 10.6 Å². The van der Waals surface area contributed by atoms with Crippen molar-refractivity contribution in [2.24, 2.45) is 5.92 Å². The second kappa shape index (κ2) is 14.5. The van der Waals surface area contributed by atoms with Crippen LogP contribution >= 0.6 is 0 Å². The SMILES string of the molecule is CC[C@H](C)[C@H](NC(=O)OCc1ccccc1)C(=O)N1CCN(CC(=O)NCCCOC)CC1. The van der Waals surface area contributed by atoms with Gasteiger partial charge in [0.25, 0.3) is 0 Å². The van der Waals surface area contributed by atoms with Crippen LogP contribution in [0.4, 0.5) is 4.79 Å². The van der Waals surface area contributed by atoms with Crippen LogP contribution in [0, 0.1) is 5.92 Å². The van der Waals surface area contributed by atoms with Crippen LogP contribution in [0.3, 0.4) is 0 Å². The standard InChI is InChI=1S/C24H38N4O5/c1-4-19(2)22(26-24(31)33-18-20-9-6-5-7-10-20)23(30)28-14-12-27(13-15-28)17-21(29)25-11-8-16-32-3/h5-7,9-10,19,22H,4,8,11-18H2,1-3H3,(H,25,29)(H,26,31)/t19-,22-/m0/s1. The van der Waals surface area contributed by atoms with E-state index in [0.29, 0.717) is 45.9 Å². The lowest BCUT2D eigenvalue weighted by molar-refractivity contribution is -0.136. The van der Waals surface area contributed by atoms with Crippen LogP contribution in [0.15, 0.2) is 30.3 Å². The second-order valence-electron chi connectivity index (χ2n) is 8.37. The van der Waals surface area contributed by atoms with Crippen molar-refractivity contribution in [2.45, 2.75) is 39.3 Å². The van der Waals surface area contributed by atoms with E-state index in [0.717, 1.165) is 18.4 Å². The van der Waals surface area contributed by atoms with Crippen LogP contribution in [0.1, 0.15) is 32.3 Å². The van der Waals surface area contributed by atoms with Crippen LogP contribution in [0.25, 0.3) is 0 Å². The minimum Gasteiger partial charge on any atom is -0.445 e. The fourth-order valence-electron chi connectivity index (χ4n) is 3.60. The van der Waals surface area contributed by atoms with Crippen molar-refractivity contribution in [1.82, 2.24) is 20.4 Å². The number of nitrogens with one attached hydrogen (secondary N) is 2. The lowest BCUT2D eigenvalue weighted by atomic mass is 9.97. The number of hydrogen-bond acceptors (Lipinski definition) is 6. The Kier molecular flexibility index (Phi) is 11.7. The maximum Gasteiger partial charge on any atom is 0.408 e. The first kappa shape index (κ1) is 26.6. The van der Waals surface area contributed by atoms with Gasteiger partial charge in [0.15, 0.2) is 0 Å². The first-order valence-corrected chi connectivity index (χ1v) is 11.7. The second-order valence-corrected chi connectivity index (χ2v) is 8.37. The molecule has 0 saturated carbocycles. The van der Waals surface area contributed by atoms with Crippen LogP contribution in [-0.4, -0.2) is 86.7 Å². The van der Waals surface area contributed by atoms with E-state index in [-0.39, 0.29) is 24.3 Å². The Morgan fingerprint density at radius 1 is 1.09 bits per heavy atom. The third kappa shape index (κ3) is 9.39. The molecular weight excluding hydrogens is 424 g/mol. The molecule has 1 aromatic carbocycles. The molecular formula is C24H38N4O5. The van der Waals surface area contributed by atoms with Crippen molar-refractivity contribution in [3.8, 4) is 0 Å². The first-order valence-electron chi connectivity index (χ1n) is 11.7. The van der Waals surface area contributed by atoms with E-state index in [1.807, 2.05) is 49.1 Å². The lowest BCUT2D eigenvalue weighted by Crippen LogP contribution is -2.57. The van der Waals surface area contributed by atoms with Crippen molar-refractivity contribution < 1.29 is 23.9 Å². The molecule has 0 spiro atoms. The molecule has 9 nitrogen and oxygen atoms in total. The molecule has 0 unspecified atom stereocenters. The molecule has 1 fully saturated rings. The Balaban J connectivity index is 1.80. The molecule has 2 N–H and O–H groups in total. The number of methoxy groups -OCH3 is 1. The molecule has 3 amide bonds. The number of amides is 3. The van der Waals surface area contributed by atoms with Gasteiger partial charge < -0.3 is 25.0 Å². The minimum absolute atomic E-state index is 0.0220. The van der Waals surface area contributed by atoms with E-state index in [2.05, 4.69) is 10.6 Å². The van der Waals surface area contributed by atoms with Gasteiger partial charge in [0.1, 0.15) is 12.6 Å². The summed E-state index contributed by atoms with van der Waals surface area (Å²) >= 11 is 0. The average molecular weight is 463 g/mol. The summed E-state index contributed by atoms with van der Waals surface area (Å²) in [5.74, 6) is -0.159. The van der Waals surface area contributed by atoms with Gasteiger partial charge >= 0.3 is 6.09 Å². The topological polar surface area (TPSA) is 100 Å². The van der Waals surface area contributed by atoms with E-state index >= 15 is 0 Å². The Bertz CT molecular complexity index is 738. The van der Waals surface area contributed by atoms with Crippen molar-refractivity contribution in [3.05, 3.63) is 35.9 Å². The molecule has 33 heavy (non-hydrogen) atoms. The fourth-order valence-corrected chi connectivity index (χ4v) is 3.60. The molecule has 0 bridgehead atoms. The molecule has 9 heteroatoms. The van der Waals surface area contributed by atoms with Gasteiger partial charge in [-0.15, -0.1) is 0 Å². The van der Waals surface area contributed by atoms with Crippen molar-refractivity contribution >= 4 is 17.9 Å². The Morgan fingerprint density at radius 2 is 1.79 bits per heavy atom. The summed E-state index contributed by atoms with van der Waals surface area (Å²) in [6, 6.07) is 8.78. The van der Waals surface area contributed by atoms with Crippen molar-refractivity contribution in [3.63, 3.8) is 0 Å². The smallest absolute Gasteiger partial charge is 0.408 e. The third-order valence-corrected chi connectivity index (χ3v) is 5.86. The minimum atomic E-state index is -0.645. The van der Waals surface area contributed by atoms with Crippen LogP contribution in [-0.2, 0) is 25.7 Å². The van der Waals surface area contributed by atoms with Crippen molar-refractivity contribution in [1.29, 1.82) is 0 Å². The number of nitrogens with zero attached hydrogens (tertiary/aromatic N) is 2. The zero-order valence-corrected chi connectivity index (χ0v) is 20.0. The van der Waals surface area contributed by atoms with Crippen molar-refractivity contribution in [2.75, 3.05) is 53.0 Å². The summed E-state index contributed by atoms with van der Waals surface area (Å²) in [5.41, 5.74) is 0.887. The molecule has 1 saturated heterocycles. The summed E-state index contributed by atoms with van der Waals surface area (Å²) in [7, 11) is 1.64. The number of carbonyl (C=O) groups excluding carboxylic acids is 3. The lowest BCUT2D eigenvalue weighted by Gasteiger charge is -2.37. The summed E-state index contributed by atoms with van der Waals surface area (Å²) in [6.07, 6.45) is 0.933. The number of benzene rings is 1. The number of ether oxygens (including phenoxy) is 2. The molecule has 2 atom stereocenters. The van der Waals surface area contributed by atoms with E-state index in [1.54, 1.807) is 12.0 Å². The number of piperazine rings is 1. The van der Waals surface area contributed by atoms with Gasteiger partial charge in [0.05, 0.1) is 6.54 Å². The van der Waals surface area contributed by atoms with E-state index in [1.165, 1.54) is 0 Å². The monoisotopic (exact) mass is 462 g/mol. The van der Waals surface area contributed by atoms with E-state index in [4.69, 9.17) is 9.47 Å². The zero-order valence-electron chi connectivity index (χ0n) is 20.0. The first-order chi connectivity index (χ1) is 15.9. The highest BCUT2D eigenvalue weighted by atomic mass is 16.5. The Labute approximate surface area is 196 Å². The average Bonchev–Trinajstić information content (AvgIpc) is 2.84. The Hall–Kier alpha value is -2.65. The molecule has 1 aliphatic heterocycles. The van der Waals surface area contributed by atoms with Crippen LogP contribution in [0.2, 0.25) is 0 Å². The maximum atomic E-state index is 13.2. The largest absolute Gasteiger partial charge is 0.445 e. The highest BCUT2D eigenvalue weighted by molar-refractivity contribution is 5.86. The van der Waals surface area contributed by atoms with Gasteiger partial charge in [-0.05, 0) is 17.9 Å². The predicted molar refractivity (Wildman–Crippen MR) is 126 cm³/mol. The molecule has 1 heterocycles. The molecule has 0 aliphatic carbocycles. The Morgan fingerprint density at radius 3 is 2.42 bits per heavy atom. The normalized spacial score (nSPS) is 16.0. The van der Waals surface area contributed by atoms with E-state index in [9.17, 15) is 14.4 Å².